The molecule has 14 heavy (non-hydrogen) atoms. The van der Waals surface area contributed by atoms with Crippen molar-refractivity contribution >= 4 is 34.5 Å². The molecule has 1 heterocycles. The van der Waals surface area contributed by atoms with Crippen molar-refractivity contribution in [1.29, 1.82) is 0 Å². The van der Waals surface area contributed by atoms with Gasteiger partial charge in [-0.3, -0.25) is 0 Å². The maximum atomic E-state index is 5.97. The standard InChI is InChI=1S/C9H14Cl2N2S/c1-6(2-3-12)13-5-7-4-8(10)14-9(7)11/h4,6,13H,2-3,5,12H2,1H3. The van der Waals surface area contributed by atoms with E-state index in [1.807, 2.05) is 6.07 Å². The van der Waals surface area contributed by atoms with Crippen LogP contribution in [-0.2, 0) is 6.54 Å². The van der Waals surface area contributed by atoms with Crippen molar-refractivity contribution in [2.45, 2.75) is 25.9 Å². The third-order valence-electron chi connectivity index (χ3n) is 1.97. The molecule has 1 aromatic rings. The van der Waals surface area contributed by atoms with Crippen LogP contribution in [0.1, 0.15) is 18.9 Å². The van der Waals surface area contributed by atoms with Gasteiger partial charge in [0.2, 0.25) is 0 Å². The Kier molecular flexibility index (Phi) is 5.20. The zero-order valence-corrected chi connectivity index (χ0v) is 10.3. The summed E-state index contributed by atoms with van der Waals surface area (Å²) in [5.74, 6) is 0. The Balaban J connectivity index is 2.41. The highest BCUT2D eigenvalue weighted by Crippen LogP contribution is 2.30. The molecule has 0 spiro atoms. The van der Waals surface area contributed by atoms with E-state index < -0.39 is 0 Å². The fraction of sp³-hybridized carbons (Fsp3) is 0.556. The van der Waals surface area contributed by atoms with Gasteiger partial charge in [0.05, 0.1) is 8.67 Å². The molecule has 1 aromatic heterocycles. The van der Waals surface area contributed by atoms with Gasteiger partial charge >= 0.3 is 0 Å². The highest BCUT2D eigenvalue weighted by atomic mass is 35.5. The first-order valence-corrected chi connectivity index (χ1v) is 6.08. The van der Waals surface area contributed by atoms with E-state index in [4.69, 9.17) is 28.9 Å². The van der Waals surface area contributed by atoms with Crippen LogP contribution in [0.15, 0.2) is 6.07 Å². The summed E-state index contributed by atoms with van der Waals surface area (Å²) in [6, 6.07) is 2.31. The summed E-state index contributed by atoms with van der Waals surface area (Å²) in [4.78, 5) is 0. The van der Waals surface area contributed by atoms with E-state index >= 15 is 0 Å². The van der Waals surface area contributed by atoms with Gasteiger partial charge in [0.1, 0.15) is 0 Å². The van der Waals surface area contributed by atoms with Crippen molar-refractivity contribution in [3.05, 3.63) is 20.3 Å². The molecule has 1 unspecified atom stereocenters. The summed E-state index contributed by atoms with van der Waals surface area (Å²) in [5.41, 5.74) is 6.51. The molecule has 0 aliphatic rings. The van der Waals surface area contributed by atoms with Gasteiger partial charge in [0, 0.05) is 12.6 Å². The van der Waals surface area contributed by atoms with E-state index in [0.717, 1.165) is 27.2 Å². The second-order valence-corrected chi connectivity index (χ2v) is 5.49. The van der Waals surface area contributed by atoms with Crippen LogP contribution in [-0.4, -0.2) is 12.6 Å². The molecule has 80 valence electrons. The largest absolute Gasteiger partial charge is 0.330 e. The van der Waals surface area contributed by atoms with E-state index in [1.54, 1.807) is 0 Å². The van der Waals surface area contributed by atoms with Gasteiger partial charge in [0.25, 0.3) is 0 Å². The van der Waals surface area contributed by atoms with E-state index in [1.165, 1.54) is 11.3 Å². The minimum absolute atomic E-state index is 0.412. The maximum absolute atomic E-state index is 5.97. The zero-order valence-electron chi connectivity index (χ0n) is 8.02. The Bertz CT molecular complexity index is 288. The lowest BCUT2D eigenvalue weighted by molar-refractivity contribution is 0.520. The summed E-state index contributed by atoms with van der Waals surface area (Å²) in [5, 5.41) is 3.34. The molecule has 0 aromatic carbocycles. The lowest BCUT2D eigenvalue weighted by atomic mass is 10.2. The highest BCUT2D eigenvalue weighted by Gasteiger charge is 2.06. The number of nitrogens with two attached hydrogens (primary N) is 1. The summed E-state index contributed by atoms with van der Waals surface area (Å²) in [6.07, 6.45) is 0.968. The first-order chi connectivity index (χ1) is 6.63. The Morgan fingerprint density at radius 2 is 2.29 bits per heavy atom. The minimum Gasteiger partial charge on any atom is -0.330 e. The minimum atomic E-state index is 0.412. The highest BCUT2D eigenvalue weighted by molar-refractivity contribution is 7.20. The Labute approximate surface area is 98.4 Å². The summed E-state index contributed by atoms with van der Waals surface area (Å²) in [6.45, 7) is 3.56. The van der Waals surface area contributed by atoms with Gasteiger partial charge in [-0.25, -0.2) is 0 Å². The second-order valence-electron chi connectivity index (χ2n) is 3.21. The van der Waals surface area contributed by atoms with E-state index in [-0.39, 0.29) is 0 Å². The fourth-order valence-corrected chi connectivity index (χ4v) is 2.62. The van der Waals surface area contributed by atoms with E-state index in [0.29, 0.717) is 12.6 Å². The van der Waals surface area contributed by atoms with Crippen LogP contribution in [0.5, 0.6) is 0 Å². The number of nitrogens with one attached hydrogen (secondary N) is 1. The molecule has 0 aliphatic carbocycles. The molecule has 1 atom stereocenters. The third kappa shape index (κ3) is 3.75. The van der Waals surface area contributed by atoms with Crippen LogP contribution in [0.4, 0.5) is 0 Å². The van der Waals surface area contributed by atoms with Crippen molar-refractivity contribution in [3.8, 4) is 0 Å². The van der Waals surface area contributed by atoms with Crippen molar-refractivity contribution < 1.29 is 0 Å². The van der Waals surface area contributed by atoms with Crippen LogP contribution in [0.3, 0.4) is 0 Å². The molecular weight excluding hydrogens is 239 g/mol. The van der Waals surface area contributed by atoms with Gasteiger partial charge in [-0.2, -0.15) is 0 Å². The van der Waals surface area contributed by atoms with Crippen LogP contribution >= 0.6 is 34.5 Å². The first kappa shape index (κ1) is 12.3. The molecule has 2 nitrogen and oxygen atoms in total. The quantitative estimate of drug-likeness (QED) is 0.846. The first-order valence-electron chi connectivity index (χ1n) is 4.50. The average Bonchev–Trinajstić information content (AvgIpc) is 2.42. The summed E-state index contributed by atoms with van der Waals surface area (Å²) in [7, 11) is 0. The predicted molar refractivity (Wildman–Crippen MR) is 64.3 cm³/mol. The Hall–Kier alpha value is 0.200. The normalized spacial score (nSPS) is 13.1. The van der Waals surface area contributed by atoms with Crippen LogP contribution in [0, 0.1) is 0 Å². The molecule has 1 rings (SSSR count). The summed E-state index contributed by atoms with van der Waals surface area (Å²) < 4.78 is 1.50. The number of hydrogen-bond donors (Lipinski definition) is 2. The van der Waals surface area contributed by atoms with Gasteiger partial charge < -0.3 is 11.1 Å². The number of rotatable bonds is 5. The number of hydrogen-bond acceptors (Lipinski definition) is 3. The maximum Gasteiger partial charge on any atom is 0.0989 e. The van der Waals surface area contributed by atoms with Crippen molar-refractivity contribution in [1.82, 2.24) is 5.32 Å². The van der Waals surface area contributed by atoms with Gasteiger partial charge in [-0.1, -0.05) is 23.2 Å². The number of halogens is 2. The predicted octanol–water partition coefficient (Wildman–Crippen LogP) is 2.88. The molecule has 0 bridgehead atoms. The fourth-order valence-electron chi connectivity index (χ4n) is 1.13. The lowest BCUT2D eigenvalue weighted by Gasteiger charge is -2.11. The van der Waals surface area contributed by atoms with Crippen molar-refractivity contribution in [3.63, 3.8) is 0 Å². The van der Waals surface area contributed by atoms with Crippen molar-refractivity contribution in [2.75, 3.05) is 6.54 Å². The van der Waals surface area contributed by atoms with Gasteiger partial charge in [-0.15, -0.1) is 11.3 Å². The molecule has 0 radical (unpaired) electrons. The molecule has 3 N–H and O–H groups in total. The third-order valence-corrected chi connectivity index (χ3v) is 3.54. The zero-order chi connectivity index (χ0) is 10.6. The van der Waals surface area contributed by atoms with Crippen LogP contribution < -0.4 is 11.1 Å². The van der Waals surface area contributed by atoms with E-state index in [9.17, 15) is 0 Å². The molecule has 0 aliphatic heterocycles. The Morgan fingerprint density at radius 3 is 2.79 bits per heavy atom. The SMILES string of the molecule is CC(CCN)NCc1cc(Cl)sc1Cl. The Morgan fingerprint density at radius 1 is 1.57 bits per heavy atom. The van der Waals surface area contributed by atoms with E-state index in [2.05, 4.69) is 12.2 Å². The number of thiophene rings is 1. The van der Waals surface area contributed by atoms with Crippen LogP contribution in [0.25, 0.3) is 0 Å². The van der Waals surface area contributed by atoms with Crippen molar-refractivity contribution in [2.24, 2.45) is 5.73 Å². The molecule has 0 fully saturated rings. The molecule has 5 heteroatoms. The van der Waals surface area contributed by atoms with Gasteiger partial charge in [0.15, 0.2) is 0 Å². The topological polar surface area (TPSA) is 38.0 Å². The molecular formula is C9H14Cl2N2S. The van der Waals surface area contributed by atoms with Crippen LogP contribution in [0.2, 0.25) is 8.67 Å². The smallest absolute Gasteiger partial charge is 0.0989 e. The summed E-state index contributed by atoms with van der Waals surface area (Å²) >= 11 is 13.2. The molecule has 0 saturated carbocycles. The molecule has 0 saturated heterocycles. The molecule has 0 amide bonds. The monoisotopic (exact) mass is 252 g/mol. The average molecular weight is 253 g/mol. The second kappa shape index (κ2) is 5.93. The lowest BCUT2D eigenvalue weighted by Crippen LogP contribution is -2.27. The van der Waals surface area contributed by atoms with Gasteiger partial charge in [-0.05, 0) is 31.5 Å².